The first-order valence-electron chi connectivity index (χ1n) is 11.9. The molecule has 1 aromatic carbocycles. The van der Waals surface area contributed by atoms with E-state index in [-0.39, 0.29) is 12.2 Å². The zero-order valence-corrected chi connectivity index (χ0v) is 23.9. The predicted octanol–water partition coefficient (Wildman–Crippen LogP) is 3.71. The van der Waals surface area contributed by atoms with Gasteiger partial charge in [-0.2, -0.15) is 0 Å². The van der Waals surface area contributed by atoms with Gasteiger partial charge in [-0.15, -0.1) is 11.8 Å². The summed E-state index contributed by atoms with van der Waals surface area (Å²) >= 11 is 6.49. The summed E-state index contributed by atoms with van der Waals surface area (Å²) in [5.41, 5.74) is 1.49. The number of morpholine rings is 1. The molecule has 2 aromatic heterocycles. The second-order valence-corrected chi connectivity index (χ2v) is 11.2. The first-order chi connectivity index (χ1) is 17.9. The van der Waals surface area contributed by atoms with Crippen molar-refractivity contribution < 1.29 is 18.7 Å². The highest BCUT2D eigenvalue weighted by Crippen LogP contribution is 2.33. The van der Waals surface area contributed by atoms with Gasteiger partial charge in [-0.1, -0.05) is 23.5 Å². The number of halogens is 1. The number of fused-ring (bicyclic) bond motifs is 1. The number of esters is 1. The number of aromatic nitrogens is 1. The molecule has 4 heterocycles. The van der Waals surface area contributed by atoms with Crippen LogP contribution in [0.2, 0.25) is 0 Å². The van der Waals surface area contributed by atoms with Crippen molar-refractivity contribution in [2.45, 2.75) is 24.8 Å². The summed E-state index contributed by atoms with van der Waals surface area (Å²) in [5, 5.41) is 0. The minimum absolute atomic E-state index is 0.233. The van der Waals surface area contributed by atoms with Crippen LogP contribution in [-0.4, -0.2) is 49.7 Å². The molecular weight excluding hydrogens is 578 g/mol. The molecular formula is C26H26BrN3O5S2. The predicted molar refractivity (Wildman–Crippen MR) is 148 cm³/mol. The van der Waals surface area contributed by atoms with E-state index in [2.05, 4.69) is 25.8 Å². The number of carbonyl (C=O) groups is 1. The van der Waals surface area contributed by atoms with Gasteiger partial charge >= 0.3 is 5.97 Å². The smallest absolute Gasteiger partial charge is 0.338 e. The van der Waals surface area contributed by atoms with E-state index in [1.807, 2.05) is 36.6 Å². The number of thiazole rings is 1. The molecule has 0 spiro atoms. The summed E-state index contributed by atoms with van der Waals surface area (Å²) in [7, 11) is 0. The fourth-order valence-corrected chi connectivity index (χ4v) is 6.44. The Labute approximate surface area is 230 Å². The Hall–Kier alpha value is -2.60. The lowest BCUT2D eigenvalue weighted by Gasteiger charge is -2.26. The van der Waals surface area contributed by atoms with Crippen LogP contribution in [0.3, 0.4) is 0 Å². The Morgan fingerprint density at radius 1 is 1.30 bits per heavy atom. The topological polar surface area (TPSA) is 86.3 Å². The standard InChI is InChI=1S/C26H26BrN3O5S2/c1-4-34-25(32)21-15(2)28-26-30(22(21)16-5-7-18(36-3)8-6-16)23(31)20(37-26)14-17-13-19(27)24(35-17)29-9-11-33-12-10-29/h5-8,13-14,22H,4,9-12H2,1-3H3/b20-14+/t22-/m0/s1. The first-order valence-corrected chi connectivity index (χ1v) is 14.7. The van der Waals surface area contributed by atoms with E-state index in [1.165, 1.54) is 11.3 Å². The van der Waals surface area contributed by atoms with E-state index < -0.39 is 12.0 Å². The fourth-order valence-electron chi connectivity index (χ4n) is 4.45. The van der Waals surface area contributed by atoms with Crippen LogP contribution < -0.4 is 19.8 Å². The molecule has 11 heteroatoms. The van der Waals surface area contributed by atoms with Gasteiger partial charge in [0.05, 0.1) is 46.1 Å². The van der Waals surface area contributed by atoms with Crippen LogP contribution in [-0.2, 0) is 14.3 Å². The summed E-state index contributed by atoms with van der Waals surface area (Å²) in [6, 6.07) is 9.09. The summed E-state index contributed by atoms with van der Waals surface area (Å²) in [5.74, 6) is 0.803. The van der Waals surface area contributed by atoms with Gasteiger partial charge in [0, 0.05) is 30.1 Å². The Kier molecular flexibility index (Phi) is 7.75. The van der Waals surface area contributed by atoms with Crippen LogP contribution in [0.5, 0.6) is 0 Å². The highest BCUT2D eigenvalue weighted by Gasteiger charge is 2.33. The normalized spacial score (nSPS) is 18.1. The molecule has 0 amide bonds. The molecule has 2 aliphatic heterocycles. The molecule has 1 atom stereocenters. The summed E-state index contributed by atoms with van der Waals surface area (Å²) in [6.07, 6.45) is 3.74. The molecule has 0 N–H and O–H groups in total. The highest BCUT2D eigenvalue weighted by atomic mass is 79.9. The minimum atomic E-state index is -0.638. The van der Waals surface area contributed by atoms with E-state index in [0.29, 0.717) is 39.6 Å². The third-order valence-corrected chi connectivity index (χ3v) is 8.50. The molecule has 1 saturated heterocycles. The molecule has 0 saturated carbocycles. The molecule has 1 fully saturated rings. The zero-order valence-electron chi connectivity index (χ0n) is 20.7. The van der Waals surface area contributed by atoms with Gasteiger partial charge in [0.15, 0.2) is 4.80 Å². The van der Waals surface area contributed by atoms with Crippen LogP contribution in [0.1, 0.15) is 31.2 Å². The largest absolute Gasteiger partial charge is 0.463 e. The Morgan fingerprint density at radius 3 is 2.70 bits per heavy atom. The second-order valence-electron chi connectivity index (χ2n) is 8.48. The molecule has 3 aromatic rings. The third-order valence-electron chi connectivity index (χ3n) is 6.21. The number of thioether (sulfide) groups is 1. The Balaban J connectivity index is 1.62. The number of rotatable bonds is 6. The van der Waals surface area contributed by atoms with E-state index in [4.69, 9.17) is 13.9 Å². The fraction of sp³-hybridized carbons (Fsp3) is 0.346. The Morgan fingerprint density at radius 2 is 2.03 bits per heavy atom. The van der Waals surface area contributed by atoms with Gasteiger partial charge < -0.3 is 18.8 Å². The molecule has 37 heavy (non-hydrogen) atoms. The molecule has 0 bridgehead atoms. The van der Waals surface area contributed by atoms with Crippen molar-refractivity contribution in [3.63, 3.8) is 0 Å². The lowest BCUT2D eigenvalue weighted by atomic mass is 9.96. The van der Waals surface area contributed by atoms with Gasteiger partial charge in [-0.25, -0.2) is 9.79 Å². The quantitative estimate of drug-likeness (QED) is 0.313. The van der Waals surface area contributed by atoms with Gasteiger partial charge in [-0.05, 0) is 53.7 Å². The molecule has 8 nitrogen and oxygen atoms in total. The number of furan rings is 1. The third kappa shape index (κ3) is 5.09. The van der Waals surface area contributed by atoms with Crippen LogP contribution >= 0.6 is 39.0 Å². The maximum Gasteiger partial charge on any atom is 0.338 e. The van der Waals surface area contributed by atoms with Crippen molar-refractivity contribution in [3.05, 3.63) is 77.1 Å². The van der Waals surface area contributed by atoms with Crippen LogP contribution in [0.15, 0.2) is 65.2 Å². The van der Waals surface area contributed by atoms with E-state index in [1.54, 1.807) is 36.3 Å². The van der Waals surface area contributed by atoms with Crippen molar-refractivity contribution in [1.82, 2.24) is 4.57 Å². The van der Waals surface area contributed by atoms with Gasteiger partial charge in [0.1, 0.15) is 5.76 Å². The molecule has 0 aliphatic carbocycles. The van der Waals surface area contributed by atoms with E-state index in [0.717, 1.165) is 33.9 Å². The zero-order chi connectivity index (χ0) is 26.1. The van der Waals surface area contributed by atoms with Gasteiger partial charge in [0.2, 0.25) is 5.88 Å². The average Bonchev–Trinajstić information content (AvgIpc) is 3.42. The Bertz CT molecular complexity index is 1530. The van der Waals surface area contributed by atoms with E-state index in [9.17, 15) is 9.59 Å². The number of hydrogen-bond donors (Lipinski definition) is 0. The first kappa shape index (κ1) is 26.0. The van der Waals surface area contributed by atoms with Crippen molar-refractivity contribution in [1.29, 1.82) is 0 Å². The van der Waals surface area contributed by atoms with Crippen LogP contribution in [0.25, 0.3) is 6.08 Å². The maximum absolute atomic E-state index is 13.8. The second kappa shape index (κ2) is 11.0. The molecule has 0 radical (unpaired) electrons. The monoisotopic (exact) mass is 603 g/mol. The van der Waals surface area contributed by atoms with Crippen molar-refractivity contribution in [2.75, 3.05) is 44.1 Å². The lowest BCUT2D eigenvalue weighted by Crippen LogP contribution is -2.39. The SMILES string of the molecule is CCOC(=O)C1=C(C)N=c2s/c(=C/c3cc(Br)c(N4CCOCC4)o3)c(=O)n2[C@H]1c1ccc(SC)cc1. The number of benzene rings is 1. The van der Waals surface area contributed by atoms with Gasteiger partial charge in [0.25, 0.3) is 5.56 Å². The molecule has 194 valence electrons. The average molecular weight is 605 g/mol. The van der Waals surface area contributed by atoms with Crippen LogP contribution in [0, 0.1) is 0 Å². The number of nitrogens with zero attached hydrogens (tertiary/aromatic N) is 3. The van der Waals surface area contributed by atoms with Crippen LogP contribution in [0.4, 0.5) is 5.88 Å². The lowest BCUT2D eigenvalue weighted by molar-refractivity contribution is -0.139. The number of carbonyl (C=O) groups excluding carboxylic acids is 1. The number of allylic oxidation sites excluding steroid dienone is 1. The minimum Gasteiger partial charge on any atom is -0.463 e. The summed E-state index contributed by atoms with van der Waals surface area (Å²) < 4.78 is 19.8. The molecule has 5 rings (SSSR count). The maximum atomic E-state index is 13.8. The van der Waals surface area contributed by atoms with Gasteiger partial charge in [-0.3, -0.25) is 9.36 Å². The van der Waals surface area contributed by atoms with E-state index >= 15 is 0 Å². The number of anilines is 1. The number of ether oxygens (including phenoxy) is 2. The highest BCUT2D eigenvalue weighted by molar-refractivity contribution is 9.10. The number of hydrogen-bond acceptors (Lipinski definition) is 9. The van der Waals surface area contributed by atoms with Crippen molar-refractivity contribution >= 4 is 57.0 Å². The summed E-state index contributed by atoms with van der Waals surface area (Å²) in [4.78, 5) is 35.2. The van der Waals surface area contributed by atoms with Crippen molar-refractivity contribution in [2.24, 2.45) is 4.99 Å². The van der Waals surface area contributed by atoms with Crippen molar-refractivity contribution in [3.8, 4) is 0 Å². The molecule has 2 aliphatic rings. The molecule has 0 unspecified atom stereocenters. The summed E-state index contributed by atoms with van der Waals surface area (Å²) in [6.45, 7) is 6.53.